The lowest BCUT2D eigenvalue weighted by Crippen LogP contribution is -2.61. The van der Waals surface area contributed by atoms with Crippen LogP contribution in [0.3, 0.4) is 0 Å². The first-order valence-corrected chi connectivity index (χ1v) is 8.02. The summed E-state index contributed by atoms with van der Waals surface area (Å²) in [5, 5.41) is 39.4. The largest absolute Gasteiger partial charge is 0.479 e. The molecule has 1 aliphatic heterocycles. The van der Waals surface area contributed by atoms with Crippen molar-refractivity contribution in [1.82, 2.24) is 4.98 Å². The van der Waals surface area contributed by atoms with Gasteiger partial charge < -0.3 is 34.9 Å². The summed E-state index contributed by atoms with van der Waals surface area (Å²) in [5.74, 6) is -1.28. The van der Waals surface area contributed by atoms with E-state index in [1.165, 1.54) is 6.20 Å². The zero-order chi connectivity index (χ0) is 17.6. The molecule has 2 aromatic rings. The van der Waals surface area contributed by atoms with Crippen LogP contribution >= 0.6 is 27.5 Å². The van der Waals surface area contributed by atoms with Gasteiger partial charge >= 0.3 is 5.97 Å². The highest BCUT2D eigenvalue weighted by Gasteiger charge is 2.48. The average Bonchev–Trinajstić information content (AvgIpc) is 2.94. The number of rotatable bonds is 3. The summed E-state index contributed by atoms with van der Waals surface area (Å²) in [7, 11) is 0. The van der Waals surface area contributed by atoms with Crippen molar-refractivity contribution in [2.24, 2.45) is 0 Å². The fourth-order valence-corrected chi connectivity index (χ4v) is 3.08. The number of halogens is 2. The summed E-state index contributed by atoms with van der Waals surface area (Å²) in [6.07, 6.45) is -6.94. The van der Waals surface area contributed by atoms with Crippen LogP contribution in [-0.4, -0.2) is 62.1 Å². The topological polar surface area (TPSA) is 132 Å². The van der Waals surface area contributed by atoms with Gasteiger partial charge in [-0.15, -0.1) is 0 Å². The van der Waals surface area contributed by atoms with Gasteiger partial charge in [0.1, 0.15) is 24.1 Å². The molecule has 1 aliphatic rings. The number of carbonyl (C=O) groups is 1. The molecule has 2 heterocycles. The number of ether oxygens (including phenoxy) is 2. The molecule has 0 aliphatic carbocycles. The lowest BCUT2D eigenvalue weighted by Gasteiger charge is -2.38. The first-order chi connectivity index (χ1) is 11.3. The minimum atomic E-state index is -1.78. The highest BCUT2D eigenvalue weighted by atomic mass is 79.9. The summed E-state index contributed by atoms with van der Waals surface area (Å²) in [6.45, 7) is 0. The SMILES string of the molecule is O=C(O)[C@@H]1O[C@@H](Oc2c[nH]c3ccc(Br)c(Cl)c23)[C@H](O)[C@H](O)[C@H]1O. The van der Waals surface area contributed by atoms with E-state index in [-0.39, 0.29) is 5.75 Å². The number of hydrogen-bond donors (Lipinski definition) is 5. The van der Waals surface area contributed by atoms with E-state index in [2.05, 4.69) is 20.9 Å². The van der Waals surface area contributed by atoms with Gasteiger partial charge in [0.2, 0.25) is 6.29 Å². The molecule has 0 radical (unpaired) electrons. The van der Waals surface area contributed by atoms with Crippen LogP contribution in [-0.2, 0) is 9.53 Å². The van der Waals surface area contributed by atoms with E-state index < -0.39 is 36.7 Å². The number of H-pyrrole nitrogens is 1. The number of carboxylic acid groups (broad SMARTS) is 1. The predicted molar refractivity (Wildman–Crippen MR) is 86.0 cm³/mol. The van der Waals surface area contributed by atoms with E-state index >= 15 is 0 Å². The maximum atomic E-state index is 11.1. The third kappa shape index (κ3) is 2.87. The van der Waals surface area contributed by atoms with Crippen LogP contribution < -0.4 is 4.74 Å². The van der Waals surface area contributed by atoms with Crippen molar-refractivity contribution in [3.63, 3.8) is 0 Å². The van der Waals surface area contributed by atoms with Crippen LogP contribution in [0.25, 0.3) is 10.9 Å². The maximum absolute atomic E-state index is 11.1. The molecule has 0 saturated carbocycles. The zero-order valence-corrected chi connectivity index (χ0v) is 14.2. The molecule has 5 N–H and O–H groups in total. The molecule has 8 nitrogen and oxygen atoms in total. The lowest BCUT2D eigenvalue weighted by atomic mass is 9.99. The Bertz CT molecular complexity index is 782. The number of aromatic nitrogens is 1. The fourth-order valence-electron chi connectivity index (χ4n) is 2.49. The van der Waals surface area contributed by atoms with Gasteiger partial charge in [-0.25, -0.2) is 4.79 Å². The van der Waals surface area contributed by atoms with E-state index in [0.717, 1.165) is 0 Å². The van der Waals surface area contributed by atoms with Crippen LogP contribution in [0.1, 0.15) is 0 Å². The van der Waals surface area contributed by atoms with E-state index in [9.17, 15) is 20.1 Å². The number of nitrogens with one attached hydrogen (secondary N) is 1. The third-order valence-electron chi connectivity index (χ3n) is 3.76. The maximum Gasteiger partial charge on any atom is 0.335 e. The number of aromatic amines is 1. The quantitative estimate of drug-likeness (QED) is 0.495. The van der Waals surface area contributed by atoms with Gasteiger partial charge in [-0.2, -0.15) is 0 Å². The second kappa shape index (κ2) is 6.51. The molecule has 1 aromatic heterocycles. The van der Waals surface area contributed by atoms with Crippen LogP contribution in [0, 0.1) is 0 Å². The smallest absolute Gasteiger partial charge is 0.335 e. The van der Waals surface area contributed by atoms with Crippen LogP contribution in [0.2, 0.25) is 5.02 Å². The minimum Gasteiger partial charge on any atom is -0.479 e. The molecular formula is C14H13BrClNO7. The van der Waals surface area contributed by atoms with Gasteiger partial charge in [0.25, 0.3) is 0 Å². The number of aliphatic hydroxyl groups is 3. The average molecular weight is 423 g/mol. The molecule has 1 fully saturated rings. The predicted octanol–water partition coefficient (Wildman–Crippen LogP) is 0.855. The number of fused-ring (bicyclic) bond motifs is 1. The second-order valence-electron chi connectivity index (χ2n) is 5.29. The Balaban J connectivity index is 1.93. The van der Waals surface area contributed by atoms with Gasteiger partial charge in [0.15, 0.2) is 6.10 Å². The molecule has 10 heteroatoms. The number of carboxylic acids is 1. The lowest BCUT2D eigenvalue weighted by molar-refractivity contribution is -0.270. The third-order valence-corrected chi connectivity index (χ3v) is 5.04. The molecule has 1 saturated heterocycles. The molecule has 0 bridgehead atoms. The number of aliphatic carboxylic acids is 1. The monoisotopic (exact) mass is 421 g/mol. The van der Waals surface area contributed by atoms with Crippen LogP contribution in [0.15, 0.2) is 22.8 Å². The van der Waals surface area contributed by atoms with Crippen molar-refractivity contribution in [3.8, 4) is 5.75 Å². The molecule has 0 unspecified atom stereocenters. The zero-order valence-electron chi connectivity index (χ0n) is 11.9. The molecule has 0 amide bonds. The summed E-state index contributed by atoms with van der Waals surface area (Å²) in [4.78, 5) is 14.0. The van der Waals surface area contributed by atoms with Gasteiger partial charge in [0.05, 0.1) is 15.9 Å². The second-order valence-corrected chi connectivity index (χ2v) is 6.52. The van der Waals surface area contributed by atoms with E-state index in [1.54, 1.807) is 12.1 Å². The van der Waals surface area contributed by atoms with Gasteiger partial charge in [0, 0.05) is 10.7 Å². The number of hydrogen-bond acceptors (Lipinski definition) is 6. The van der Waals surface area contributed by atoms with Gasteiger partial charge in [-0.3, -0.25) is 0 Å². The molecule has 24 heavy (non-hydrogen) atoms. The highest BCUT2D eigenvalue weighted by Crippen LogP contribution is 2.38. The Labute approximate surface area is 148 Å². The molecule has 1 aromatic carbocycles. The summed E-state index contributed by atoms with van der Waals surface area (Å²) in [5.41, 5.74) is 0.652. The Kier molecular flexibility index (Phi) is 4.73. The molecule has 5 atom stereocenters. The Morgan fingerprint density at radius 1 is 1.25 bits per heavy atom. The van der Waals surface area contributed by atoms with Crippen molar-refractivity contribution < 1.29 is 34.7 Å². The van der Waals surface area contributed by atoms with E-state index in [1.807, 2.05) is 0 Å². The Hall–Kier alpha value is -1.36. The van der Waals surface area contributed by atoms with Crippen molar-refractivity contribution in [1.29, 1.82) is 0 Å². The number of benzene rings is 1. The molecule has 130 valence electrons. The Morgan fingerprint density at radius 3 is 2.62 bits per heavy atom. The van der Waals surface area contributed by atoms with Crippen molar-refractivity contribution in [2.75, 3.05) is 0 Å². The normalized spacial score (nSPS) is 30.5. The molecule has 0 spiro atoms. The van der Waals surface area contributed by atoms with E-state index in [4.69, 9.17) is 26.2 Å². The highest BCUT2D eigenvalue weighted by molar-refractivity contribution is 9.10. The van der Waals surface area contributed by atoms with Gasteiger partial charge in [-0.05, 0) is 28.1 Å². The van der Waals surface area contributed by atoms with Crippen molar-refractivity contribution in [2.45, 2.75) is 30.7 Å². The van der Waals surface area contributed by atoms with Gasteiger partial charge in [-0.1, -0.05) is 11.6 Å². The van der Waals surface area contributed by atoms with E-state index in [0.29, 0.717) is 20.4 Å². The minimum absolute atomic E-state index is 0.202. The summed E-state index contributed by atoms with van der Waals surface area (Å²) in [6, 6.07) is 3.48. The Morgan fingerprint density at radius 2 is 1.96 bits per heavy atom. The van der Waals surface area contributed by atoms with Crippen molar-refractivity contribution in [3.05, 3.63) is 27.8 Å². The standard InChI is InChI=1S/C14H13BrClNO7/c15-4-1-2-5-7(8(4)16)6(3-17-5)23-14-11(20)9(18)10(19)12(24-14)13(21)22/h1-3,9-12,14,17-20H,(H,21,22)/t9-,10-,11-,12-,14-/m1/s1. The summed E-state index contributed by atoms with van der Waals surface area (Å²) < 4.78 is 11.2. The fraction of sp³-hybridized carbons (Fsp3) is 0.357. The first kappa shape index (κ1) is 17.5. The number of aliphatic hydroxyl groups excluding tert-OH is 3. The molecular weight excluding hydrogens is 410 g/mol. The van der Waals surface area contributed by atoms with Crippen molar-refractivity contribution >= 4 is 44.4 Å². The summed E-state index contributed by atoms with van der Waals surface area (Å²) >= 11 is 9.51. The molecule has 3 rings (SSSR count). The first-order valence-electron chi connectivity index (χ1n) is 6.85. The van der Waals surface area contributed by atoms with Crippen LogP contribution in [0.5, 0.6) is 5.75 Å². The van der Waals surface area contributed by atoms with Crippen LogP contribution in [0.4, 0.5) is 0 Å².